The Morgan fingerprint density at radius 2 is 1.86 bits per heavy atom. The first-order chi connectivity index (χ1) is 13.6. The average Bonchev–Trinajstić information content (AvgIpc) is 3.29. The van der Waals surface area contributed by atoms with E-state index in [0.717, 1.165) is 12.8 Å². The van der Waals surface area contributed by atoms with Gasteiger partial charge in [0.1, 0.15) is 29.4 Å². The van der Waals surface area contributed by atoms with Crippen LogP contribution in [0.15, 0.2) is 48.8 Å². The average molecular weight is 375 g/mol. The number of nitrogen functional groups attached to an aromatic ring is 1. The van der Waals surface area contributed by atoms with Gasteiger partial charge in [-0.15, -0.1) is 0 Å². The van der Waals surface area contributed by atoms with Crippen molar-refractivity contribution in [1.29, 1.82) is 0 Å². The molecular formula is C21H18FN5O. The molecule has 5 rings (SSSR count). The van der Waals surface area contributed by atoms with Crippen LogP contribution < -0.4 is 10.5 Å². The van der Waals surface area contributed by atoms with Crippen molar-refractivity contribution >= 4 is 16.9 Å². The Balaban J connectivity index is 1.69. The first-order valence-corrected chi connectivity index (χ1v) is 9.04. The van der Waals surface area contributed by atoms with Crippen LogP contribution in [0.2, 0.25) is 0 Å². The molecule has 2 aromatic carbocycles. The van der Waals surface area contributed by atoms with Gasteiger partial charge in [-0.25, -0.2) is 19.0 Å². The highest BCUT2D eigenvalue weighted by Crippen LogP contribution is 2.37. The van der Waals surface area contributed by atoms with Gasteiger partial charge in [0.05, 0.1) is 18.5 Å². The molecule has 0 fully saturated rings. The quantitative estimate of drug-likeness (QED) is 0.592. The van der Waals surface area contributed by atoms with Crippen molar-refractivity contribution in [3.63, 3.8) is 0 Å². The Bertz CT molecular complexity index is 1180. The number of hydrogen-bond acceptors (Lipinski definition) is 5. The van der Waals surface area contributed by atoms with Gasteiger partial charge >= 0.3 is 0 Å². The molecule has 0 radical (unpaired) electrons. The van der Waals surface area contributed by atoms with E-state index in [2.05, 4.69) is 22.1 Å². The predicted octanol–water partition coefficient (Wildman–Crippen LogP) is 3.56. The van der Waals surface area contributed by atoms with Crippen LogP contribution >= 0.6 is 0 Å². The molecule has 2 heterocycles. The first-order valence-electron chi connectivity index (χ1n) is 9.04. The van der Waals surface area contributed by atoms with Gasteiger partial charge in [0.2, 0.25) is 0 Å². The van der Waals surface area contributed by atoms with Crippen LogP contribution in [0, 0.1) is 5.82 Å². The summed E-state index contributed by atoms with van der Waals surface area (Å²) in [6.45, 7) is 0. The Labute approximate surface area is 160 Å². The van der Waals surface area contributed by atoms with Gasteiger partial charge in [0.15, 0.2) is 5.65 Å². The van der Waals surface area contributed by atoms with Crippen molar-refractivity contribution in [3.8, 4) is 17.0 Å². The third-order valence-corrected chi connectivity index (χ3v) is 5.27. The van der Waals surface area contributed by atoms with E-state index in [1.807, 2.05) is 16.8 Å². The second-order valence-electron chi connectivity index (χ2n) is 6.96. The number of benzene rings is 2. The molecule has 0 atom stereocenters. The van der Waals surface area contributed by atoms with Crippen molar-refractivity contribution in [2.45, 2.75) is 18.9 Å². The molecule has 0 bridgehead atoms. The zero-order chi connectivity index (χ0) is 19.3. The van der Waals surface area contributed by atoms with Gasteiger partial charge < -0.3 is 10.5 Å². The summed E-state index contributed by atoms with van der Waals surface area (Å²) < 4.78 is 21.2. The molecule has 6 nitrogen and oxygen atoms in total. The molecule has 2 N–H and O–H groups in total. The normalized spacial score (nSPS) is 13.8. The molecule has 4 aromatic rings. The monoisotopic (exact) mass is 375 g/mol. The number of methoxy groups -OCH3 is 1. The van der Waals surface area contributed by atoms with E-state index in [4.69, 9.17) is 15.6 Å². The number of halogens is 1. The minimum atomic E-state index is -0.402. The number of fused-ring (bicyclic) bond motifs is 2. The highest BCUT2D eigenvalue weighted by molar-refractivity contribution is 5.98. The van der Waals surface area contributed by atoms with Gasteiger partial charge in [0, 0.05) is 11.6 Å². The summed E-state index contributed by atoms with van der Waals surface area (Å²) in [5.74, 6) is 0.340. The molecule has 0 saturated carbocycles. The van der Waals surface area contributed by atoms with Crippen LogP contribution in [0.25, 0.3) is 22.3 Å². The standard InChI is InChI=1S/C21H18FN5O/c1-28-17-9-14(6-15(22)10-17)19-18-20(23)24-11-25-21(18)27(26-19)16-7-12-4-2-3-5-13(12)8-16/h2-6,9-11,16H,7-8H2,1H3,(H2,23,24,25). The maximum absolute atomic E-state index is 14.1. The first kappa shape index (κ1) is 16.7. The Hall–Kier alpha value is -3.48. The minimum absolute atomic E-state index is 0.124. The van der Waals surface area contributed by atoms with Crippen LogP contribution in [0.4, 0.5) is 10.2 Å². The van der Waals surface area contributed by atoms with Crippen molar-refractivity contribution in [2.75, 3.05) is 12.8 Å². The highest BCUT2D eigenvalue weighted by atomic mass is 19.1. The molecule has 28 heavy (non-hydrogen) atoms. The summed E-state index contributed by atoms with van der Waals surface area (Å²) in [5.41, 5.74) is 10.6. The summed E-state index contributed by atoms with van der Waals surface area (Å²) in [6.07, 6.45) is 3.17. The largest absolute Gasteiger partial charge is 0.497 e. The lowest BCUT2D eigenvalue weighted by atomic mass is 10.1. The fourth-order valence-corrected chi connectivity index (χ4v) is 3.98. The molecule has 0 unspecified atom stereocenters. The molecule has 7 heteroatoms. The van der Waals surface area contributed by atoms with E-state index < -0.39 is 5.82 Å². The maximum atomic E-state index is 14.1. The van der Waals surface area contributed by atoms with Gasteiger partial charge in [-0.3, -0.25) is 0 Å². The second kappa shape index (κ2) is 6.30. The molecule has 0 saturated heterocycles. The molecular weight excluding hydrogens is 357 g/mol. The molecule has 0 amide bonds. The van der Waals surface area contributed by atoms with Gasteiger partial charge in [-0.1, -0.05) is 24.3 Å². The third-order valence-electron chi connectivity index (χ3n) is 5.27. The molecule has 0 spiro atoms. The van der Waals surface area contributed by atoms with E-state index >= 15 is 0 Å². The van der Waals surface area contributed by atoms with Crippen molar-refractivity contribution in [1.82, 2.24) is 19.7 Å². The minimum Gasteiger partial charge on any atom is -0.497 e. The summed E-state index contributed by atoms with van der Waals surface area (Å²) in [6, 6.07) is 13.0. The number of ether oxygens (including phenoxy) is 1. The smallest absolute Gasteiger partial charge is 0.164 e. The van der Waals surface area contributed by atoms with Crippen molar-refractivity contribution in [3.05, 3.63) is 65.7 Å². The number of nitrogens with two attached hydrogens (primary N) is 1. The fourth-order valence-electron chi connectivity index (χ4n) is 3.98. The molecule has 140 valence electrons. The van der Waals surface area contributed by atoms with Crippen LogP contribution in [-0.4, -0.2) is 26.9 Å². The number of aromatic nitrogens is 4. The molecule has 2 aromatic heterocycles. The molecule has 0 aliphatic heterocycles. The van der Waals surface area contributed by atoms with E-state index in [1.165, 1.54) is 36.7 Å². The summed E-state index contributed by atoms with van der Waals surface area (Å²) in [4.78, 5) is 8.57. The Morgan fingerprint density at radius 3 is 2.57 bits per heavy atom. The van der Waals surface area contributed by atoms with Crippen LogP contribution in [0.1, 0.15) is 17.2 Å². The van der Waals surface area contributed by atoms with Gasteiger partial charge in [-0.2, -0.15) is 5.10 Å². The van der Waals surface area contributed by atoms with Crippen LogP contribution in [0.5, 0.6) is 5.75 Å². The van der Waals surface area contributed by atoms with E-state index in [1.54, 1.807) is 6.07 Å². The van der Waals surface area contributed by atoms with Gasteiger partial charge in [0.25, 0.3) is 0 Å². The van der Waals surface area contributed by atoms with E-state index in [0.29, 0.717) is 33.9 Å². The molecule has 1 aliphatic rings. The Kier molecular flexibility index (Phi) is 3.75. The summed E-state index contributed by atoms with van der Waals surface area (Å²) in [7, 11) is 1.50. The zero-order valence-corrected chi connectivity index (χ0v) is 15.3. The summed E-state index contributed by atoms with van der Waals surface area (Å²) in [5, 5.41) is 5.44. The van der Waals surface area contributed by atoms with Crippen LogP contribution in [-0.2, 0) is 12.8 Å². The number of anilines is 1. The lowest BCUT2D eigenvalue weighted by molar-refractivity contribution is 0.411. The van der Waals surface area contributed by atoms with Crippen LogP contribution in [0.3, 0.4) is 0 Å². The third kappa shape index (κ3) is 2.58. The summed E-state index contributed by atoms with van der Waals surface area (Å²) >= 11 is 0. The molecule has 1 aliphatic carbocycles. The lowest BCUT2D eigenvalue weighted by Gasteiger charge is -2.10. The zero-order valence-electron chi connectivity index (χ0n) is 15.3. The second-order valence-corrected chi connectivity index (χ2v) is 6.96. The number of nitrogens with zero attached hydrogens (tertiary/aromatic N) is 4. The highest BCUT2D eigenvalue weighted by Gasteiger charge is 2.27. The predicted molar refractivity (Wildman–Crippen MR) is 105 cm³/mol. The van der Waals surface area contributed by atoms with Crippen molar-refractivity contribution in [2.24, 2.45) is 0 Å². The topological polar surface area (TPSA) is 78.8 Å². The maximum Gasteiger partial charge on any atom is 0.164 e. The number of hydrogen-bond donors (Lipinski definition) is 1. The number of rotatable bonds is 3. The lowest BCUT2D eigenvalue weighted by Crippen LogP contribution is -2.11. The van der Waals surface area contributed by atoms with E-state index in [-0.39, 0.29) is 6.04 Å². The SMILES string of the molecule is COc1cc(F)cc(-c2nn(C3Cc4ccccc4C3)c3ncnc(N)c23)c1. The fraction of sp³-hybridized carbons (Fsp3) is 0.190. The van der Waals surface area contributed by atoms with Crippen molar-refractivity contribution < 1.29 is 9.13 Å². The Morgan fingerprint density at radius 1 is 1.11 bits per heavy atom. The van der Waals surface area contributed by atoms with Gasteiger partial charge in [-0.05, 0) is 36.1 Å². The van der Waals surface area contributed by atoms with E-state index in [9.17, 15) is 4.39 Å².